The van der Waals surface area contributed by atoms with E-state index in [9.17, 15) is 5.11 Å². The summed E-state index contributed by atoms with van der Waals surface area (Å²) in [6, 6.07) is 8.49. The maximum atomic E-state index is 9.67. The quantitative estimate of drug-likeness (QED) is 0.842. The largest absolute Gasteiger partial charge is 0.508 e. The average molecular weight is 302 g/mol. The molecule has 0 aromatic heterocycles. The summed E-state index contributed by atoms with van der Waals surface area (Å²) in [5.74, 6) is 1.68. The molecule has 116 valence electrons. The highest BCUT2D eigenvalue weighted by molar-refractivity contribution is 5.60. The Labute approximate surface area is 129 Å². The number of rotatable bonds is 5. The summed E-state index contributed by atoms with van der Waals surface area (Å²) in [7, 11) is 4.61. The van der Waals surface area contributed by atoms with Crippen molar-refractivity contribution in [3.05, 3.63) is 35.9 Å². The van der Waals surface area contributed by atoms with E-state index >= 15 is 0 Å². The number of ether oxygens (including phenoxy) is 3. The van der Waals surface area contributed by atoms with E-state index in [1.807, 2.05) is 6.92 Å². The van der Waals surface area contributed by atoms with Gasteiger partial charge in [-0.25, -0.2) is 0 Å². The summed E-state index contributed by atoms with van der Waals surface area (Å²) in [4.78, 5) is 0. The van der Waals surface area contributed by atoms with Crippen molar-refractivity contribution in [1.82, 2.24) is 0 Å². The lowest BCUT2D eigenvalue weighted by Gasteiger charge is -2.12. The van der Waals surface area contributed by atoms with Crippen LogP contribution in [0.25, 0.3) is 0 Å². The highest BCUT2D eigenvalue weighted by atomic mass is 16.5. The highest BCUT2D eigenvalue weighted by Gasteiger charge is 2.13. The van der Waals surface area contributed by atoms with Gasteiger partial charge in [-0.1, -0.05) is 6.07 Å². The van der Waals surface area contributed by atoms with Gasteiger partial charge in [0.15, 0.2) is 11.5 Å². The van der Waals surface area contributed by atoms with Gasteiger partial charge in [-0.05, 0) is 18.6 Å². The molecule has 0 atom stereocenters. The van der Waals surface area contributed by atoms with Gasteiger partial charge in [0.1, 0.15) is 5.75 Å². The van der Waals surface area contributed by atoms with Gasteiger partial charge >= 0.3 is 0 Å². The predicted octanol–water partition coefficient (Wildman–Crippen LogP) is 4.14. The standard InChI is InChI=1S/C16H18N2O4/c1-10-5-6-11(7-13(10)19)17-18-12-8-14(20-2)16(22-4)15(9-12)21-3/h5-9,19H,1-4H3. The van der Waals surface area contributed by atoms with E-state index in [4.69, 9.17) is 14.2 Å². The molecule has 22 heavy (non-hydrogen) atoms. The van der Waals surface area contributed by atoms with Gasteiger partial charge in [-0.2, -0.15) is 10.2 Å². The SMILES string of the molecule is COc1cc(N=Nc2ccc(C)c(O)c2)cc(OC)c1OC. The van der Waals surface area contributed by atoms with Gasteiger partial charge in [0, 0.05) is 18.2 Å². The fraction of sp³-hybridized carbons (Fsp3) is 0.250. The number of hydrogen-bond donors (Lipinski definition) is 1. The van der Waals surface area contributed by atoms with Crippen molar-refractivity contribution >= 4 is 11.4 Å². The van der Waals surface area contributed by atoms with Gasteiger partial charge < -0.3 is 19.3 Å². The fourth-order valence-corrected chi connectivity index (χ4v) is 1.90. The van der Waals surface area contributed by atoms with Crippen molar-refractivity contribution in [1.29, 1.82) is 0 Å². The number of nitrogens with zero attached hydrogens (tertiary/aromatic N) is 2. The first kappa shape index (κ1) is 15.6. The first-order valence-corrected chi connectivity index (χ1v) is 6.60. The summed E-state index contributed by atoms with van der Waals surface area (Å²) < 4.78 is 15.8. The van der Waals surface area contributed by atoms with Crippen LogP contribution in [0, 0.1) is 6.92 Å². The molecular weight excluding hydrogens is 284 g/mol. The van der Waals surface area contributed by atoms with E-state index in [0.29, 0.717) is 28.6 Å². The molecule has 0 bridgehead atoms. The number of aromatic hydroxyl groups is 1. The van der Waals surface area contributed by atoms with Gasteiger partial charge in [0.2, 0.25) is 5.75 Å². The summed E-state index contributed by atoms with van der Waals surface area (Å²) in [5.41, 5.74) is 1.89. The van der Waals surface area contributed by atoms with Crippen molar-refractivity contribution < 1.29 is 19.3 Å². The Bertz CT molecular complexity index is 674. The predicted molar refractivity (Wildman–Crippen MR) is 83.1 cm³/mol. The lowest BCUT2D eigenvalue weighted by atomic mass is 10.2. The van der Waals surface area contributed by atoms with E-state index in [0.717, 1.165) is 5.56 Å². The number of phenols is 1. The van der Waals surface area contributed by atoms with Crippen molar-refractivity contribution in [3.63, 3.8) is 0 Å². The van der Waals surface area contributed by atoms with E-state index in [1.165, 1.54) is 21.3 Å². The van der Waals surface area contributed by atoms with Crippen LogP contribution in [0.5, 0.6) is 23.0 Å². The average Bonchev–Trinajstić information content (AvgIpc) is 2.54. The molecule has 0 amide bonds. The molecule has 0 unspecified atom stereocenters. The van der Waals surface area contributed by atoms with E-state index in [2.05, 4.69) is 10.2 Å². The molecule has 0 aliphatic heterocycles. The Kier molecular flexibility index (Phi) is 4.83. The fourth-order valence-electron chi connectivity index (χ4n) is 1.90. The van der Waals surface area contributed by atoms with Gasteiger partial charge in [-0.15, -0.1) is 0 Å². The van der Waals surface area contributed by atoms with Crippen LogP contribution in [0.1, 0.15) is 5.56 Å². The van der Waals surface area contributed by atoms with Gasteiger partial charge in [-0.3, -0.25) is 0 Å². The monoisotopic (exact) mass is 302 g/mol. The minimum absolute atomic E-state index is 0.182. The number of hydrogen-bond acceptors (Lipinski definition) is 6. The minimum Gasteiger partial charge on any atom is -0.508 e. The third-order valence-electron chi connectivity index (χ3n) is 3.12. The summed E-state index contributed by atoms with van der Waals surface area (Å²) >= 11 is 0. The first-order chi connectivity index (χ1) is 10.6. The van der Waals surface area contributed by atoms with Crippen molar-refractivity contribution in [2.75, 3.05) is 21.3 Å². The van der Waals surface area contributed by atoms with Crippen molar-refractivity contribution in [2.24, 2.45) is 10.2 Å². The summed E-state index contributed by atoms with van der Waals surface area (Å²) in [5, 5.41) is 17.9. The van der Waals surface area contributed by atoms with Crippen molar-refractivity contribution in [2.45, 2.75) is 6.92 Å². The molecule has 0 aliphatic carbocycles. The second kappa shape index (κ2) is 6.80. The van der Waals surface area contributed by atoms with Crippen LogP contribution in [0.4, 0.5) is 11.4 Å². The Morgan fingerprint density at radius 1 is 0.818 bits per heavy atom. The van der Waals surface area contributed by atoms with Gasteiger partial charge in [0.25, 0.3) is 0 Å². The molecule has 0 aliphatic rings. The Morgan fingerprint density at radius 2 is 1.41 bits per heavy atom. The molecule has 6 nitrogen and oxygen atoms in total. The van der Waals surface area contributed by atoms with E-state index < -0.39 is 0 Å². The van der Waals surface area contributed by atoms with E-state index in [1.54, 1.807) is 30.3 Å². The second-order valence-electron chi connectivity index (χ2n) is 4.55. The number of benzene rings is 2. The zero-order valence-corrected chi connectivity index (χ0v) is 13.0. The minimum atomic E-state index is 0.182. The number of methoxy groups -OCH3 is 3. The topological polar surface area (TPSA) is 72.6 Å². The van der Waals surface area contributed by atoms with Crippen LogP contribution in [0.15, 0.2) is 40.6 Å². The first-order valence-electron chi connectivity index (χ1n) is 6.60. The molecule has 0 saturated carbocycles. The van der Waals surface area contributed by atoms with E-state index in [-0.39, 0.29) is 5.75 Å². The van der Waals surface area contributed by atoms with Crippen molar-refractivity contribution in [3.8, 4) is 23.0 Å². The Morgan fingerprint density at radius 3 is 1.91 bits per heavy atom. The molecule has 6 heteroatoms. The third-order valence-corrected chi connectivity index (χ3v) is 3.12. The van der Waals surface area contributed by atoms with Crippen LogP contribution in [-0.4, -0.2) is 26.4 Å². The van der Waals surface area contributed by atoms with Crippen LogP contribution in [-0.2, 0) is 0 Å². The third kappa shape index (κ3) is 3.28. The molecular formula is C16H18N2O4. The lowest BCUT2D eigenvalue weighted by molar-refractivity contribution is 0.324. The van der Waals surface area contributed by atoms with Crippen LogP contribution < -0.4 is 14.2 Å². The van der Waals surface area contributed by atoms with Crippen LogP contribution in [0.3, 0.4) is 0 Å². The van der Waals surface area contributed by atoms with Gasteiger partial charge in [0.05, 0.1) is 32.7 Å². The number of phenolic OH excluding ortho intramolecular Hbond substituents is 1. The number of aryl methyl sites for hydroxylation is 1. The molecule has 2 aromatic carbocycles. The number of azo groups is 1. The van der Waals surface area contributed by atoms with Crippen LogP contribution >= 0.6 is 0 Å². The Balaban J connectivity index is 2.36. The molecule has 0 heterocycles. The maximum Gasteiger partial charge on any atom is 0.203 e. The van der Waals surface area contributed by atoms with Crippen LogP contribution in [0.2, 0.25) is 0 Å². The molecule has 1 N–H and O–H groups in total. The molecule has 2 aromatic rings. The Hall–Kier alpha value is -2.76. The molecule has 0 fully saturated rings. The summed E-state index contributed by atoms with van der Waals surface area (Å²) in [6.07, 6.45) is 0. The zero-order valence-electron chi connectivity index (χ0n) is 13.0. The smallest absolute Gasteiger partial charge is 0.203 e. The highest BCUT2D eigenvalue weighted by Crippen LogP contribution is 2.41. The molecule has 0 spiro atoms. The molecule has 2 rings (SSSR count). The lowest BCUT2D eigenvalue weighted by Crippen LogP contribution is -1.94. The summed E-state index contributed by atoms with van der Waals surface area (Å²) in [6.45, 7) is 1.81. The second-order valence-corrected chi connectivity index (χ2v) is 4.55. The molecule has 0 saturated heterocycles. The maximum absolute atomic E-state index is 9.67. The molecule has 0 radical (unpaired) electrons. The normalized spacial score (nSPS) is 10.7. The zero-order chi connectivity index (χ0) is 16.1.